The van der Waals surface area contributed by atoms with E-state index in [-0.39, 0.29) is 0 Å². The summed E-state index contributed by atoms with van der Waals surface area (Å²) < 4.78 is 2.38. The van der Waals surface area contributed by atoms with Gasteiger partial charge < -0.3 is 9.47 Å². The molecule has 262 valence electrons. The molecule has 1 aromatic heterocycles. The number of nitrogens with zero attached hydrogens (tertiary/aromatic N) is 2. The number of hydrogen-bond donors (Lipinski definition) is 0. The fourth-order valence-electron chi connectivity index (χ4n) is 8.51. The van der Waals surface area contributed by atoms with Gasteiger partial charge in [0.05, 0.1) is 11.0 Å². The van der Waals surface area contributed by atoms with E-state index in [0.29, 0.717) is 0 Å². The maximum Gasteiger partial charge on any atom is 0.0542 e. The molecular weight excluding hydrogens is 677 g/mol. The summed E-state index contributed by atoms with van der Waals surface area (Å²) in [6.45, 7) is 0. The Morgan fingerprint density at radius 3 is 1.48 bits per heavy atom. The first-order valence-electron chi connectivity index (χ1n) is 19.2. The van der Waals surface area contributed by atoms with Gasteiger partial charge in [-0.2, -0.15) is 0 Å². The maximum absolute atomic E-state index is 2.40. The summed E-state index contributed by atoms with van der Waals surface area (Å²) in [7, 11) is 0. The SMILES string of the molecule is c1ccc(-c2ccc3ccc(-c4ccc5cc(N(c6ccc7ccccc7c6)c6ccc7c(c6)c6ccccc6n7-c6ccccc6)ccc5c4)cc3c2)cc1. The maximum atomic E-state index is 2.40. The molecule has 0 saturated heterocycles. The molecular formula is C54H36N2. The molecule has 0 atom stereocenters. The third-order valence-corrected chi connectivity index (χ3v) is 11.3. The number of hydrogen-bond acceptors (Lipinski definition) is 1. The summed E-state index contributed by atoms with van der Waals surface area (Å²) in [6, 6.07) is 79.6. The van der Waals surface area contributed by atoms with Crippen LogP contribution in [0.3, 0.4) is 0 Å². The van der Waals surface area contributed by atoms with Crippen molar-refractivity contribution < 1.29 is 0 Å². The largest absolute Gasteiger partial charge is 0.310 e. The molecule has 11 rings (SSSR count). The molecule has 0 aliphatic heterocycles. The van der Waals surface area contributed by atoms with Crippen LogP contribution in [0.4, 0.5) is 17.1 Å². The van der Waals surface area contributed by atoms with Gasteiger partial charge in [-0.25, -0.2) is 0 Å². The zero-order valence-corrected chi connectivity index (χ0v) is 30.7. The van der Waals surface area contributed by atoms with E-state index in [2.05, 4.69) is 228 Å². The number of fused-ring (bicyclic) bond motifs is 6. The average Bonchev–Trinajstić information content (AvgIpc) is 3.60. The standard InChI is InChI=1S/C54H36N2/c1-3-11-37(12-4-1)41-21-19-39-20-22-43(33-46(39)32-41)42-23-24-45-35-49(28-26-44(45)31-42)55(48-27-25-38-13-7-8-14-40(38)34-48)50-29-30-54-52(36-50)51-17-9-10-18-53(51)56(54)47-15-5-2-6-16-47/h1-36H. The van der Waals surface area contributed by atoms with Crippen molar-refractivity contribution in [1.29, 1.82) is 0 Å². The molecule has 56 heavy (non-hydrogen) atoms. The van der Waals surface area contributed by atoms with Crippen molar-refractivity contribution >= 4 is 71.2 Å². The van der Waals surface area contributed by atoms with Gasteiger partial charge in [0.25, 0.3) is 0 Å². The van der Waals surface area contributed by atoms with Crippen LogP contribution in [0, 0.1) is 0 Å². The zero-order chi connectivity index (χ0) is 37.0. The van der Waals surface area contributed by atoms with Crippen molar-refractivity contribution in [3.63, 3.8) is 0 Å². The van der Waals surface area contributed by atoms with Crippen molar-refractivity contribution in [3.8, 4) is 27.9 Å². The lowest BCUT2D eigenvalue weighted by atomic mass is 9.96. The van der Waals surface area contributed by atoms with E-state index in [1.165, 1.54) is 76.4 Å². The molecule has 11 aromatic rings. The Morgan fingerprint density at radius 2 is 0.732 bits per heavy atom. The van der Waals surface area contributed by atoms with Gasteiger partial charge in [-0.3, -0.25) is 0 Å². The summed E-state index contributed by atoms with van der Waals surface area (Å²) >= 11 is 0. The van der Waals surface area contributed by atoms with Crippen molar-refractivity contribution in [1.82, 2.24) is 4.57 Å². The van der Waals surface area contributed by atoms with E-state index in [1.54, 1.807) is 0 Å². The highest BCUT2D eigenvalue weighted by Crippen LogP contribution is 2.42. The smallest absolute Gasteiger partial charge is 0.0542 e. The molecule has 0 spiro atoms. The Balaban J connectivity index is 1.03. The summed E-state index contributed by atoms with van der Waals surface area (Å²) in [5.74, 6) is 0. The van der Waals surface area contributed by atoms with Gasteiger partial charge in [0.15, 0.2) is 0 Å². The van der Waals surface area contributed by atoms with E-state index in [4.69, 9.17) is 0 Å². The minimum Gasteiger partial charge on any atom is -0.310 e. The summed E-state index contributed by atoms with van der Waals surface area (Å²) in [5.41, 5.74) is 11.8. The number of anilines is 3. The summed E-state index contributed by atoms with van der Waals surface area (Å²) in [5, 5.41) is 9.81. The molecule has 0 aliphatic carbocycles. The number of aromatic nitrogens is 1. The Labute approximate surface area is 325 Å². The number of rotatable bonds is 6. The summed E-state index contributed by atoms with van der Waals surface area (Å²) in [4.78, 5) is 2.40. The van der Waals surface area contributed by atoms with Crippen molar-refractivity contribution in [3.05, 3.63) is 218 Å². The van der Waals surface area contributed by atoms with Gasteiger partial charge >= 0.3 is 0 Å². The average molecular weight is 713 g/mol. The number of benzene rings is 10. The highest BCUT2D eigenvalue weighted by molar-refractivity contribution is 6.11. The predicted octanol–water partition coefficient (Wildman–Crippen LogP) is 15.0. The van der Waals surface area contributed by atoms with E-state index < -0.39 is 0 Å². The Hall–Kier alpha value is -7.42. The fraction of sp³-hybridized carbons (Fsp3) is 0. The lowest BCUT2D eigenvalue weighted by molar-refractivity contribution is 1.18. The second-order valence-corrected chi connectivity index (χ2v) is 14.6. The lowest BCUT2D eigenvalue weighted by Crippen LogP contribution is -2.10. The van der Waals surface area contributed by atoms with E-state index in [9.17, 15) is 0 Å². The lowest BCUT2D eigenvalue weighted by Gasteiger charge is -2.26. The van der Waals surface area contributed by atoms with Crippen LogP contribution in [0.25, 0.3) is 82.1 Å². The third kappa shape index (κ3) is 5.51. The molecule has 0 aliphatic rings. The van der Waals surface area contributed by atoms with Crippen LogP contribution in [-0.4, -0.2) is 4.57 Å². The Kier molecular flexibility index (Phi) is 7.53. The van der Waals surface area contributed by atoms with Crippen LogP contribution in [-0.2, 0) is 0 Å². The normalized spacial score (nSPS) is 11.6. The highest BCUT2D eigenvalue weighted by Gasteiger charge is 2.18. The topological polar surface area (TPSA) is 8.17 Å². The van der Waals surface area contributed by atoms with Crippen LogP contribution < -0.4 is 4.90 Å². The predicted molar refractivity (Wildman–Crippen MR) is 239 cm³/mol. The molecule has 0 amide bonds. The third-order valence-electron chi connectivity index (χ3n) is 11.3. The molecule has 2 heteroatoms. The molecule has 0 bridgehead atoms. The van der Waals surface area contributed by atoms with E-state index in [1.807, 2.05) is 0 Å². The van der Waals surface area contributed by atoms with Crippen LogP contribution in [0.15, 0.2) is 218 Å². The second kappa shape index (κ2) is 13.2. The van der Waals surface area contributed by atoms with Gasteiger partial charge in [-0.05, 0) is 133 Å². The van der Waals surface area contributed by atoms with Crippen LogP contribution in [0.1, 0.15) is 0 Å². The quantitative estimate of drug-likeness (QED) is 0.167. The molecule has 0 N–H and O–H groups in total. The van der Waals surface area contributed by atoms with Gasteiger partial charge in [-0.15, -0.1) is 0 Å². The van der Waals surface area contributed by atoms with Gasteiger partial charge in [0, 0.05) is 33.5 Å². The van der Waals surface area contributed by atoms with E-state index in [0.717, 1.165) is 22.7 Å². The molecule has 0 saturated carbocycles. The second-order valence-electron chi connectivity index (χ2n) is 14.6. The zero-order valence-electron chi connectivity index (χ0n) is 30.7. The van der Waals surface area contributed by atoms with Crippen LogP contribution in [0.5, 0.6) is 0 Å². The highest BCUT2D eigenvalue weighted by atomic mass is 15.1. The first kappa shape index (κ1) is 32.0. The first-order valence-corrected chi connectivity index (χ1v) is 19.2. The number of para-hydroxylation sites is 2. The van der Waals surface area contributed by atoms with Gasteiger partial charge in [-0.1, -0.05) is 140 Å². The van der Waals surface area contributed by atoms with Crippen molar-refractivity contribution in [2.45, 2.75) is 0 Å². The fourth-order valence-corrected chi connectivity index (χ4v) is 8.51. The van der Waals surface area contributed by atoms with Crippen molar-refractivity contribution in [2.75, 3.05) is 4.90 Å². The first-order chi connectivity index (χ1) is 27.7. The van der Waals surface area contributed by atoms with Gasteiger partial charge in [0.2, 0.25) is 0 Å². The minimum absolute atomic E-state index is 1.12. The summed E-state index contributed by atoms with van der Waals surface area (Å²) in [6.07, 6.45) is 0. The van der Waals surface area contributed by atoms with Crippen LogP contribution in [0.2, 0.25) is 0 Å². The molecule has 1 heterocycles. The Bertz CT molecular complexity index is 3250. The minimum atomic E-state index is 1.12. The molecule has 10 aromatic carbocycles. The molecule has 0 unspecified atom stereocenters. The monoisotopic (exact) mass is 712 g/mol. The van der Waals surface area contributed by atoms with Gasteiger partial charge in [0.1, 0.15) is 0 Å². The molecule has 2 nitrogen and oxygen atoms in total. The Morgan fingerprint density at radius 1 is 0.268 bits per heavy atom. The van der Waals surface area contributed by atoms with Crippen LogP contribution >= 0.6 is 0 Å². The van der Waals surface area contributed by atoms with E-state index >= 15 is 0 Å². The molecule has 0 fully saturated rings. The molecule has 0 radical (unpaired) electrons. The van der Waals surface area contributed by atoms with Crippen molar-refractivity contribution in [2.24, 2.45) is 0 Å².